The fourth-order valence-corrected chi connectivity index (χ4v) is 3.51. The van der Waals surface area contributed by atoms with Crippen LogP contribution in [0.25, 0.3) is 0 Å². The Balaban J connectivity index is 1.86. The molecular weight excluding hydrogens is 222 g/mol. The van der Waals surface area contributed by atoms with E-state index in [0.29, 0.717) is 18.0 Å². The van der Waals surface area contributed by atoms with Gasteiger partial charge < -0.3 is 10.6 Å². The summed E-state index contributed by atoms with van der Waals surface area (Å²) in [5, 5.41) is 0. The molecule has 0 aliphatic carbocycles. The third-order valence-electron chi connectivity index (χ3n) is 4.98. The van der Waals surface area contributed by atoms with Gasteiger partial charge in [-0.15, -0.1) is 0 Å². The molecule has 0 bridgehead atoms. The van der Waals surface area contributed by atoms with E-state index < -0.39 is 0 Å². The third-order valence-corrected chi connectivity index (χ3v) is 4.98. The minimum atomic E-state index is 0.430. The van der Waals surface area contributed by atoms with Gasteiger partial charge in [0.05, 0.1) is 0 Å². The van der Waals surface area contributed by atoms with Crippen molar-refractivity contribution in [1.82, 2.24) is 9.80 Å². The summed E-state index contributed by atoms with van der Waals surface area (Å²) in [6.07, 6.45) is 5.27. The number of nitrogens with two attached hydrogens (primary N) is 1. The van der Waals surface area contributed by atoms with Gasteiger partial charge in [-0.1, -0.05) is 6.92 Å². The van der Waals surface area contributed by atoms with E-state index in [9.17, 15) is 0 Å². The quantitative estimate of drug-likeness (QED) is 0.816. The average molecular weight is 253 g/mol. The fourth-order valence-electron chi connectivity index (χ4n) is 3.51. The van der Waals surface area contributed by atoms with Crippen LogP contribution in [0.1, 0.15) is 46.5 Å². The summed E-state index contributed by atoms with van der Waals surface area (Å²) in [6, 6.07) is 1.94. The zero-order valence-electron chi connectivity index (χ0n) is 12.4. The van der Waals surface area contributed by atoms with Gasteiger partial charge in [-0.3, -0.25) is 4.90 Å². The van der Waals surface area contributed by atoms with Crippen molar-refractivity contribution in [2.24, 2.45) is 11.7 Å². The van der Waals surface area contributed by atoms with Crippen molar-refractivity contribution >= 4 is 0 Å². The number of likely N-dealkylation sites (tertiary alicyclic amines) is 2. The lowest BCUT2D eigenvalue weighted by molar-refractivity contribution is 0.105. The van der Waals surface area contributed by atoms with Crippen molar-refractivity contribution in [3.05, 3.63) is 0 Å². The van der Waals surface area contributed by atoms with Crippen molar-refractivity contribution in [1.29, 1.82) is 0 Å². The predicted octanol–water partition coefficient (Wildman–Crippen LogP) is 1.92. The molecule has 2 aliphatic rings. The van der Waals surface area contributed by atoms with E-state index in [1.54, 1.807) is 0 Å². The maximum Gasteiger partial charge on any atom is 0.0108 e. The first-order valence-electron chi connectivity index (χ1n) is 7.81. The van der Waals surface area contributed by atoms with E-state index in [1.807, 2.05) is 0 Å². The molecule has 106 valence electrons. The van der Waals surface area contributed by atoms with Gasteiger partial charge in [-0.25, -0.2) is 0 Å². The molecule has 3 atom stereocenters. The molecule has 0 spiro atoms. The summed E-state index contributed by atoms with van der Waals surface area (Å²) >= 11 is 0. The van der Waals surface area contributed by atoms with Crippen LogP contribution in [0, 0.1) is 5.92 Å². The molecule has 3 nitrogen and oxygen atoms in total. The number of nitrogens with zero attached hydrogens (tertiary/aromatic N) is 2. The molecule has 18 heavy (non-hydrogen) atoms. The molecule has 2 heterocycles. The van der Waals surface area contributed by atoms with Crippen LogP contribution < -0.4 is 5.73 Å². The summed E-state index contributed by atoms with van der Waals surface area (Å²) in [4.78, 5) is 5.36. The Kier molecular flexibility index (Phi) is 5.05. The van der Waals surface area contributed by atoms with E-state index >= 15 is 0 Å². The number of rotatable bonds is 2. The minimum absolute atomic E-state index is 0.430. The van der Waals surface area contributed by atoms with Crippen LogP contribution in [-0.2, 0) is 0 Å². The second-order valence-corrected chi connectivity index (χ2v) is 6.64. The molecule has 3 heteroatoms. The van der Waals surface area contributed by atoms with E-state index in [-0.39, 0.29) is 0 Å². The lowest BCUT2D eigenvalue weighted by atomic mass is 9.92. The van der Waals surface area contributed by atoms with Gasteiger partial charge in [-0.05, 0) is 65.1 Å². The first-order valence-corrected chi connectivity index (χ1v) is 7.81. The van der Waals surface area contributed by atoms with E-state index in [2.05, 4.69) is 30.6 Å². The largest absolute Gasteiger partial charge is 0.327 e. The van der Waals surface area contributed by atoms with Crippen molar-refractivity contribution < 1.29 is 0 Å². The smallest absolute Gasteiger partial charge is 0.0108 e. The Labute approximate surface area is 113 Å². The Morgan fingerprint density at radius 1 is 1.06 bits per heavy atom. The van der Waals surface area contributed by atoms with Crippen molar-refractivity contribution in [3.8, 4) is 0 Å². The lowest BCUT2D eigenvalue weighted by Gasteiger charge is -2.40. The lowest BCUT2D eigenvalue weighted by Crippen LogP contribution is -2.50. The Morgan fingerprint density at radius 2 is 1.83 bits per heavy atom. The molecular formula is C15H31N3. The number of piperidine rings is 1. The summed E-state index contributed by atoms with van der Waals surface area (Å²) in [5.74, 6) is 0.670. The topological polar surface area (TPSA) is 32.5 Å². The highest BCUT2D eigenvalue weighted by Gasteiger charge is 2.29. The number of hydrogen-bond donors (Lipinski definition) is 1. The molecule has 0 aromatic heterocycles. The molecule has 0 aromatic carbocycles. The Hall–Kier alpha value is -0.120. The highest BCUT2D eigenvalue weighted by atomic mass is 15.2. The van der Waals surface area contributed by atoms with Crippen LogP contribution in [0.5, 0.6) is 0 Å². The van der Waals surface area contributed by atoms with E-state index in [4.69, 9.17) is 5.73 Å². The van der Waals surface area contributed by atoms with Gasteiger partial charge in [0.1, 0.15) is 0 Å². The van der Waals surface area contributed by atoms with Gasteiger partial charge in [0.25, 0.3) is 0 Å². The highest BCUT2D eigenvalue weighted by Crippen LogP contribution is 2.23. The van der Waals surface area contributed by atoms with E-state index in [1.165, 1.54) is 51.9 Å². The van der Waals surface area contributed by atoms with Crippen LogP contribution in [0.2, 0.25) is 0 Å². The molecule has 2 rings (SSSR count). The van der Waals surface area contributed by atoms with Gasteiger partial charge in [-0.2, -0.15) is 0 Å². The molecule has 2 saturated heterocycles. The van der Waals surface area contributed by atoms with Gasteiger partial charge in [0.15, 0.2) is 0 Å². The highest BCUT2D eigenvalue weighted by molar-refractivity contribution is 4.86. The normalized spacial score (nSPS) is 36.8. The monoisotopic (exact) mass is 253 g/mol. The number of hydrogen-bond acceptors (Lipinski definition) is 3. The molecule has 0 aromatic rings. The van der Waals surface area contributed by atoms with Crippen LogP contribution in [0.4, 0.5) is 0 Å². The first-order chi connectivity index (χ1) is 8.58. The zero-order chi connectivity index (χ0) is 13.1. The zero-order valence-corrected chi connectivity index (χ0v) is 12.4. The minimum Gasteiger partial charge on any atom is -0.327 e. The van der Waals surface area contributed by atoms with Gasteiger partial charge in [0, 0.05) is 24.7 Å². The SMILES string of the molecule is CC1CN(C2CCCN(C(C)C)CC2)CCC1N. The Bertz CT molecular complexity index is 254. The summed E-state index contributed by atoms with van der Waals surface area (Å²) in [7, 11) is 0. The molecule has 0 saturated carbocycles. The van der Waals surface area contributed by atoms with Gasteiger partial charge >= 0.3 is 0 Å². The second kappa shape index (κ2) is 6.36. The third kappa shape index (κ3) is 3.46. The fraction of sp³-hybridized carbons (Fsp3) is 1.00. The molecule has 2 fully saturated rings. The summed E-state index contributed by atoms with van der Waals surface area (Å²) < 4.78 is 0. The second-order valence-electron chi connectivity index (χ2n) is 6.64. The van der Waals surface area contributed by atoms with E-state index in [0.717, 1.165) is 6.04 Å². The maximum atomic E-state index is 6.13. The standard InChI is InChI=1S/C15H31N3/c1-12(2)17-8-4-5-14(6-9-17)18-10-7-15(16)13(3)11-18/h12-15H,4-11,16H2,1-3H3. The molecule has 3 unspecified atom stereocenters. The predicted molar refractivity (Wildman–Crippen MR) is 77.7 cm³/mol. The maximum absolute atomic E-state index is 6.13. The van der Waals surface area contributed by atoms with Crippen molar-refractivity contribution in [3.63, 3.8) is 0 Å². The Morgan fingerprint density at radius 3 is 2.50 bits per heavy atom. The van der Waals surface area contributed by atoms with Crippen LogP contribution in [-0.4, -0.2) is 54.1 Å². The van der Waals surface area contributed by atoms with Crippen LogP contribution in [0.3, 0.4) is 0 Å². The average Bonchev–Trinajstić information content (AvgIpc) is 2.58. The summed E-state index contributed by atoms with van der Waals surface area (Å²) in [6.45, 7) is 12.0. The van der Waals surface area contributed by atoms with Crippen molar-refractivity contribution in [2.75, 3.05) is 26.2 Å². The molecule has 2 aliphatic heterocycles. The van der Waals surface area contributed by atoms with Crippen molar-refractivity contribution in [2.45, 2.75) is 64.6 Å². The van der Waals surface area contributed by atoms with Crippen LogP contribution in [0.15, 0.2) is 0 Å². The summed E-state index contributed by atoms with van der Waals surface area (Å²) in [5.41, 5.74) is 6.13. The molecule has 2 N–H and O–H groups in total. The van der Waals surface area contributed by atoms with Gasteiger partial charge in [0.2, 0.25) is 0 Å². The molecule has 0 amide bonds. The molecule has 0 radical (unpaired) electrons. The van der Waals surface area contributed by atoms with Crippen LogP contribution >= 0.6 is 0 Å². The first kappa shape index (κ1) is 14.3.